The summed E-state index contributed by atoms with van der Waals surface area (Å²) in [7, 11) is -3.86. The Bertz CT molecular complexity index is 861. The first-order valence-electron chi connectivity index (χ1n) is 8.15. The van der Waals surface area contributed by atoms with Crippen LogP contribution < -0.4 is 5.32 Å². The van der Waals surface area contributed by atoms with Crippen molar-refractivity contribution in [2.24, 2.45) is 0 Å². The number of terminal acetylenes is 1. The summed E-state index contributed by atoms with van der Waals surface area (Å²) in [6, 6.07) is 5.31. The lowest BCUT2D eigenvalue weighted by atomic mass is 10.1. The molecular weight excluding hydrogens is 358 g/mol. The first-order chi connectivity index (χ1) is 12.4. The van der Waals surface area contributed by atoms with Crippen molar-refractivity contribution in [2.45, 2.75) is 10.9 Å². The van der Waals surface area contributed by atoms with E-state index in [1.54, 1.807) is 6.07 Å². The van der Waals surface area contributed by atoms with Gasteiger partial charge in [0.1, 0.15) is 6.04 Å². The molecule has 2 aliphatic rings. The Morgan fingerprint density at radius 2 is 2.15 bits per heavy atom. The molecule has 0 aromatic heterocycles. The predicted molar refractivity (Wildman–Crippen MR) is 92.7 cm³/mol. The van der Waals surface area contributed by atoms with E-state index in [9.17, 15) is 18.0 Å². The van der Waals surface area contributed by atoms with E-state index in [1.807, 2.05) is 0 Å². The number of nitrogens with one attached hydrogen (secondary N) is 1. The topological polar surface area (TPSA) is 96.0 Å². The molecule has 2 saturated heterocycles. The number of nitrogens with zero attached hydrogens (tertiary/aromatic N) is 2. The van der Waals surface area contributed by atoms with Crippen LogP contribution in [0.3, 0.4) is 0 Å². The molecule has 2 amide bonds. The maximum atomic E-state index is 12.8. The van der Waals surface area contributed by atoms with E-state index in [4.69, 9.17) is 11.2 Å². The number of benzene rings is 1. The van der Waals surface area contributed by atoms with Crippen LogP contribution in [0, 0.1) is 12.3 Å². The fraction of sp³-hybridized carbons (Fsp3) is 0.412. The summed E-state index contributed by atoms with van der Waals surface area (Å²) in [5.41, 5.74) is 0.231. The average molecular weight is 377 g/mol. The van der Waals surface area contributed by atoms with Gasteiger partial charge in [0.15, 0.2) is 0 Å². The second-order valence-electron chi connectivity index (χ2n) is 5.97. The number of hydrogen-bond acceptors (Lipinski definition) is 5. The molecular formula is C17H19N3O5S. The molecule has 2 heterocycles. The van der Waals surface area contributed by atoms with E-state index in [-0.39, 0.29) is 48.5 Å². The van der Waals surface area contributed by atoms with Crippen LogP contribution in [0.2, 0.25) is 0 Å². The van der Waals surface area contributed by atoms with Gasteiger partial charge in [-0.3, -0.25) is 9.59 Å². The number of amides is 2. The second-order valence-corrected chi connectivity index (χ2v) is 7.91. The molecule has 138 valence electrons. The average Bonchev–Trinajstić information content (AvgIpc) is 2.67. The minimum absolute atomic E-state index is 0.0245. The molecule has 2 aliphatic heterocycles. The molecule has 0 spiro atoms. The third-order valence-corrected chi connectivity index (χ3v) is 6.14. The van der Waals surface area contributed by atoms with Crippen LogP contribution in [0.5, 0.6) is 0 Å². The van der Waals surface area contributed by atoms with Gasteiger partial charge in [0.2, 0.25) is 15.9 Å². The van der Waals surface area contributed by atoms with Crippen LogP contribution in [0.25, 0.3) is 0 Å². The summed E-state index contributed by atoms with van der Waals surface area (Å²) in [5, 5.41) is 2.58. The van der Waals surface area contributed by atoms with E-state index >= 15 is 0 Å². The molecule has 9 heteroatoms. The SMILES string of the molecule is C#C[C@@H]1COCCN1C(=O)c1cccc(S(=O)(=O)N2CCNC(=O)C2)c1. The lowest BCUT2D eigenvalue weighted by Gasteiger charge is -2.32. The molecule has 26 heavy (non-hydrogen) atoms. The Hall–Kier alpha value is -2.41. The fourth-order valence-electron chi connectivity index (χ4n) is 2.91. The quantitative estimate of drug-likeness (QED) is 0.702. The highest BCUT2D eigenvalue weighted by molar-refractivity contribution is 7.89. The smallest absolute Gasteiger partial charge is 0.255 e. The molecule has 0 aliphatic carbocycles. The Balaban J connectivity index is 1.87. The zero-order valence-corrected chi connectivity index (χ0v) is 14.9. The minimum Gasteiger partial charge on any atom is -0.376 e. The fourth-order valence-corrected chi connectivity index (χ4v) is 4.35. The van der Waals surface area contributed by atoms with Crippen molar-refractivity contribution < 1.29 is 22.7 Å². The Labute approximate surface area is 152 Å². The van der Waals surface area contributed by atoms with Crippen LogP contribution >= 0.6 is 0 Å². The van der Waals surface area contributed by atoms with Crippen LogP contribution in [0.4, 0.5) is 0 Å². The van der Waals surface area contributed by atoms with Crippen molar-refractivity contribution in [1.29, 1.82) is 0 Å². The standard InChI is InChI=1S/C17H19N3O5S/c1-2-14-12-25-9-8-20(14)17(22)13-4-3-5-15(10-13)26(23,24)19-7-6-18-16(21)11-19/h1,3-5,10,14H,6-9,11-12H2,(H,18,21)/t14-/m1/s1. The summed E-state index contributed by atoms with van der Waals surface area (Å²) in [4.78, 5) is 25.8. The molecule has 1 aromatic carbocycles. The largest absolute Gasteiger partial charge is 0.376 e. The summed E-state index contributed by atoms with van der Waals surface area (Å²) < 4.78 is 31.9. The molecule has 1 aromatic rings. The highest BCUT2D eigenvalue weighted by Gasteiger charge is 2.31. The first kappa shape index (κ1) is 18.4. The van der Waals surface area contributed by atoms with Crippen LogP contribution in [-0.2, 0) is 19.6 Å². The van der Waals surface area contributed by atoms with E-state index in [2.05, 4.69) is 11.2 Å². The molecule has 8 nitrogen and oxygen atoms in total. The van der Waals surface area contributed by atoms with Gasteiger partial charge in [-0.25, -0.2) is 8.42 Å². The maximum Gasteiger partial charge on any atom is 0.255 e. The normalized spacial score (nSPS) is 21.7. The molecule has 0 saturated carbocycles. The van der Waals surface area contributed by atoms with Gasteiger partial charge < -0.3 is 15.0 Å². The van der Waals surface area contributed by atoms with Crippen LogP contribution in [-0.4, -0.2) is 74.9 Å². The van der Waals surface area contributed by atoms with Gasteiger partial charge in [-0.1, -0.05) is 12.0 Å². The lowest BCUT2D eigenvalue weighted by Crippen LogP contribution is -2.50. The molecule has 2 fully saturated rings. The van der Waals surface area contributed by atoms with Crippen LogP contribution in [0.1, 0.15) is 10.4 Å². The first-order valence-corrected chi connectivity index (χ1v) is 9.59. The van der Waals surface area contributed by atoms with Gasteiger partial charge >= 0.3 is 0 Å². The van der Waals surface area contributed by atoms with Gasteiger partial charge in [0, 0.05) is 25.2 Å². The zero-order valence-electron chi connectivity index (χ0n) is 14.1. The van der Waals surface area contributed by atoms with E-state index in [0.29, 0.717) is 13.2 Å². The minimum atomic E-state index is -3.86. The number of carbonyl (C=O) groups excluding carboxylic acids is 2. The number of rotatable bonds is 3. The van der Waals surface area contributed by atoms with Crippen molar-refractivity contribution in [3.8, 4) is 12.3 Å². The summed E-state index contributed by atoms with van der Waals surface area (Å²) in [6.45, 7) is 1.19. The third-order valence-electron chi connectivity index (χ3n) is 4.30. The highest BCUT2D eigenvalue weighted by Crippen LogP contribution is 2.20. The number of sulfonamides is 1. The molecule has 0 radical (unpaired) electrons. The van der Waals surface area contributed by atoms with Gasteiger partial charge in [0.05, 0.1) is 24.7 Å². The zero-order chi connectivity index (χ0) is 18.7. The van der Waals surface area contributed by atoms with Gasteiger partial charge in [-0.2, -0.15) is 4.31 Å². The number of hydrogen-bond donors (Lipinski definition) is 1. The molecule has 1 atom stereocenters. The van der Waals surface area contributed by atoms with Gasteiger partial charge in [-0.05, 0) is 18.2 Å². The number of morpholine rings is 1. The molecule has 0 unspecified atom stereocenters. The number of ether oxygens (including phenoxy) is 1. The van der Waals surface area contributed by atoms with E-state index < -0.39 is 16.1 Å². The monoisotopic (exact) mass is 377 g/mol. The Kier molecular flexibility index (Phi) is 5.27. The van der Waals surface area contributed by atoms with Crippen LogP contribution in [0.15, 0.2) is 29.2 Å². The Morgan fingerprint density at radius 3 is 2.88 bits per heavy atom. The molecule has 1 N–H and O–H groups in total. The second kappa shape index (κ2) is 7.45. The van der Waals surface area contributed by atoms with Crippen molar-refractivity contribution in [1.82, 2.24) is 14.5 Å². The summed E-state index contributed by atoms with van der Waals surface area (Å²) >= 11 is 0. The van der Waals surface area contributed by atoms with Crippen molar-refractivity contribution in [2.75, 3.05) is 39.4 Å². The number of carbonyl (C=O) groups is 2. The third kappa shape index (κ3) is 3.58. The maximum absolute atomic E-state index is 12.8. The van der Waals surface area contributed by atoms with Crippen molar-refractivity contribution in [3.05, 3.63) is 29.8 Å². The van der Waals surface area contributed by atoms with Gasteiger partial charge in [0.25, 0.3) is 5.91 Å². The lowest BCUT2D eigenvalue weighted by molar-refractivity contribution is -0.122. The summed E-state index contributed by atoms with van der Waals surface area (Å²) in [6.07, 6.45) is 5.45. The highest BCUT2D eigenvalue weighted by atomic mass is 32.2. The van der Waals surface area contributed by atoms with Crippen molar-refractivity contribution >= 4 is 21.8 Å². The molecule has 3 rings (SSSR count). The van der Waals surface area contributed by atoms with E-state index in [1.165, 1.54) is 23.1 Å². The predicted octanol–water partition coefficient (Wildman–Crippen LogP) is -0.719. The van der Waals surface area contributed by atoms with E-state index in [0.717, 1.165) is 4.31 Å². The van der Waals surface area contributed by atoms with Crippen molar-refractivity contribution in [3.63, 3.8) is 0 Å². The Morgan fingerprint density at radius 1 is 1.35 bits per heavy atom. The van der Waals surface area contributed by atoms with Gasteiger partial charge in [-0.15, -0.1) is 6.42 Å². The number of piperazine rings is 1. The molecule has 0 bridgehead atoms. The summed E-state index contributed by atoms with van der Waals surface area (Å²) in [5.74, 6) is 1.82.